The van der Waals surface area contributed by atoms with Gasteiger partial charge < -0.3 is 10.1 Å². The molecule has 0 aliphatic heterocycles. The second-order valence-corrected chi connectivity index (χ2v) is 5.12. The van der Waals surface area contributed by atoms with E-state index < -0.39 is 5.91 Å². The summed E-state index contributed by atoms with van der Waals surface area (Å²) in [4.78, 5) is 30.7. The van der Waals surface area contributed by atoms with Gasteiger partial charge in [0.15, 0.2) is 0 Å². The van der Waals surface area contributed by atoms with Gasteiger partial charge in [0.25, 0.3) is 5.56 Å². The molecule has 0 radical (unpaired) electrons. The van der Waals surface area contributed by atoms with E-state index in [1.54, 1.807) is 43.3 Å². The van der Waals surface area contributed by atoms with Gasteiger partial charge in [0, 0.05) is 0 Å². The first-order valence-corrected chi connectivity index (χ1v) is 7.17. The molecule has 7 heteroatoms. The molecule has 0 saturated heterocycles. The largest absolute Gasteiger partial charge is 0.508 e. The van der Waals surface area contributed by atoms with E-state index in [2.05, 4.69) is 20.5 Å². The van der Waals surface area contributed by atoms with E-state index in [9.17, 15) is 14.7 Å². The van der Waals surface area contributed by atoms with Gasteiger partial charge in [-0.3, -0.25) is 9.59 Å². The molecule has 3 aromatic rings. The summed E-state index contributed by atoms with van der Waals surface area (Å²) < 4.78 is 0. The van der Waals surface area contributed by atoms with Crippen LogP contribution in [0, 0.1) is 0 Å². The number of rotatable bonds is 3. The number of para-hydroxylation sites is 1. The summed E-state index contributed by atoms with van der Waals surface area (Å²) in [6.07, 6.45) is 0. The number of hydrazone groups is 1. The van der Waals surface area contributed by atoms with Crippen LogP contribution in [-0.2, 0) is 0 Å². The van der Waals surface area contributed by atoms with Crippen molar-refractivity contribution in [2.45, 2.75) is 6.92 Å². The van der Waals surface area contributed by atoms with Gasteiger partial charge in [-0.1, -0.05) is 12.1 Å². The zero-order valence-corrected chi connectivity index (χ0v) is 12.8. The molecule has 7 nitrogen and oxygen atoms in total. The van der Waals surface area contributed by atoms with E-state index in [1.165, 1.54) is 12.1 Å². The Morgan fingerprint density at radius 2 is 1.88 bits per heavy atom. The lowest BCUT2D eigenvalue weighted by Crippen LogP contribution is -2.25. The van der Waals surface area contributed by atoms with Crippen LogP contribution in [-0.4, -0.2) is 26.7 Å². The number of phenols is 1. The number of amides is 1. The number of aromatic nitrogens is 2. The number of phenolic OH excluding ortho intramolecular Hbond substituents is 1. The van der Waals surface area contributed by atoms with Crippen LogP contribution >= 0.6 is 0 Å². The van der Waals surface area contributed by atoms with Crippen molar-refractivity contribution in [3.63, 3.8) is 0 Å². The van der Waals surface area contributed by atoms with Gasteiger partial charge in [-0.25, -0.2) is 10.4 Å². The van der Waals surface area contributed by atoms with Crippen LogP contribution in [0.4, 0.5) is 0 Å². The molecule has 0 saturated carbocycles. The maximum atomic E-state index is 12.1. The predicted octanol–water partition coefficient (Wildman–Crippen LogP) is 1.78. The van der Waals surface area contributed by atoms with Crippen molar-refractivity contribution in [2.75, 3.05) is 0 Å². The van der Waals surface area contributed by atoms with Gasteiger partial charge in [0.1, 0.15) is 5.75 Å². The number of hydrogen-bond acceptors (Lipinski definition) is 5. The first-order chi connectivity index (χ1) is 11.5. The van der Waals surface area contributed by atoms with Crippen molar-refractivity contribution in [3.05, 3.63) is 70.3 Å². The number of benzene rings is 2. The molecule has 1 amide bonds. The zero-order chi connectivity index (χ0) is 17.1. The van der Waals surface area contributed by atoms with Crippen molar-refractivity contribution in [1.29, 1.82) is 0 Å². The fourth-order valence-electron chi connectivity index (χ4n) is 2.15. The van der Waals surface area contributed by atoms with Crippen molar-refractivity contribution in [3.8, 4) is 5.75 Å². The Bertz CT molecular complexity index is 991. The smallest absolute Gasteiger partial charge is 0.307 e. The topological polar surface area (TPSA) is 107 Å². The van der Waals surface area contributed by atoms with Gasteiger partial charge in [-0.15, -0.1) is 0 Å². The third-order valence-electron chi connectivity index (χ3n) is 3.44. The first kappa shape index (κ1) is 15.4. The van der Waals surface area contributed by atoms with Crippen molar-refractivity contribution < 1.29 is 9.90 Å². The van der Waals surface area contributed by atoms with Crippen molar-refractivity contribution in [2.24, 2.45) is 5.10 Å². The van der Waals surface area contributed by atoms with Gasteiger partial charge >= 0.3 is 5.91 Å². The van der Waals surface area contributed by atoms with Gasteiger partial charge in [0.05, 0.1) is 16.6 Å². The summed E-state index contributed by atoms with van der Waals surface area (Å²) in [6, 6.07) is 13.2. The molecule has 120 valence electrons. The van der Waals surface area contributed by atoms with Gasteiger partial charge in [-0.2, -0.15) is 5.10 Å². The van der Waals surface area contributed by atoms with Gasteiger partial charge in [-0.05, 0) is 48.9 Å². The van der Waals surface area contributed by atoms with Crippen LogP contribution in [0.1, 0.15) is 23.1 Å². The zero-order valence-electron chi connectivity index (χ0n) is 12.8. The highest BCUT2D eigenvalue weighted by molar-refractivity contribution is 6.00. The van der Waals surface area contributed by atoms with E-state index in [-0.39, 0.29) is 17.1 Å². The van der Waals surface area contributed by atoms with E-state index in [0.29, 0.717) is 16.6 Å². The molecule has 3 N–H and O–H groups in total. The molecular weight excluding hydrogens is 308 g/mol. The average molecular weight is 322 g/mol. The fraction of sp³-hybridized carbons (Fsp3) is 0.0588. The first-order valence-electron chi connectivity index (χ1n) is 7.17. The molecule has 0 atom stereocenters. The summed E-state index contributed by atoms with van der Waals surface area (Å²) in [5.41, 5.74) is 3.70. The SMILES string of the molecule is CC(=NNC(=O)c1nc2ccccc2c(=O)[nH]1)c1ccc(O)cc1. The lowest BCUT2D eigenvalue weighted by molar-refractivity contribution is 0.0944. The number of hydrogen-bond donors (Lipinski definition) is 3. The maximum Gasteiger partial charge on any atom is 0.307 e. The number of carbonyl (C=O) groups is 1. The van der Waals surface area contributed by atoms with Crippen LogP contribution in [0.5, 0.6) is 5.75 Å². The second-order valence-electron chi connectivity index (χ2n) is 5.12. The Balaban J connectivity index is 1.83. The minimum absolute atomic E-state index is 0.110. The van der Waals surface area contributed by atoms with Crippen LogP contribution < -0.4 is 11.0 Å². The molecular formula is C17H14N4O3. The quantitative estimate of drug-likeness (QED) is 0.504. The molecule has 0 aliphatic carbocycles. The van der Waals surface area contributed by atoms with E-state index in [0.717, 1.165) is 5.56 Å². The highest BCUT2D eigenvalue weighted by Gasteiger charge is 2.10. The standard InChI is InChI=1S/C17H14N4O3/c1-10(11-6-8-12(22)9-7-11)20-21-17(24)15-18-14-5-3-2-4-13(14)16(23)19-15/h2-9,22H,1H3,(H,21,24)(H,18,19,23). The predicted molar refractivity (Wildman–Crippen MR) is 90.1 cm³/mol. The minimum Gasteiger partial charge on any atom is -0.508 e. The minimum atomic E-state index is -0.615. The van der Waals surface area contributed by atoms with Crippen LogP contribution in [0.25, 0.3) is 10.9 Å². The lowest BCUT2D eigenvalue weighted by Gasteiger charge is -2.04. The lowest BCUT2D eigenvalue weighted by atomic mass is 10.1. The Kier molecular flexibility index (Phi) is 4.07. The average Bonchev–Trinajstić information content (AvgIpc) is 2.60. The second kappa shape index (κ2) is 6.33. The molecule has 1 heterocycles. The summed E-state index contributed by atoms with van der Waals surface area (Å²) in [7, 11) is 0. The fourth-order valence-corrected chi connectivity index (χ4v) is 2.15. The number of aromatic amines is 1. The molecule has 1 aromatic heterocycles. The van der Waals surface area contributed by atoms with E-state index in [4.69, 9.17) is 0 Å². The van der Waals surface area contributed by atoms with Crippen LogP contribution in [0.2, 0.25) is 0 Å². The third-order valence-corrected chi connectivity index (χ3v) is 3.44. The van der Waals surface area contributed by atoms with Crippen LogP contribution in [0.3, 0.4) is 0 Å². The number of H-pyrrole nitrogens is 1. The monoisotopic (exact) mass is 322 g/mol. The molecule has 3 rings (SSSR count). The third kappa shape index (κ3) is 3.14. The summed E-state index contributed by atoms with van der Waals surface area (Å²) >= 11 is 0. The molecule has 0 fully saturated rings. The van der Waals surface area contributed by atoms with E-state index in [1.807, 2.05) is 0 Å². The Morgan fingerprint density at radius 3 is 2.62 bits per heavy atom. The number of nitrogens with one attached hydrogen (secondary N) is 2. The molecule has 2 aromatic carbocycles. The van der Waals surface area contributed by atoms with Crippen molar-refractivity contribution >= 4 is 22.5 Å². The summed E-state index contributed by atoms with van der Waals surface area (Å²) in [5, 5.41) is 13.7. The Morgan fingerprint density at radius 1 is 1.17 bits per heavy atom. The summed E-state index contributed by atoms with van der Waals surface area (Å²) in [5.74, 6) is -0.578. The number of fused-ring (bicyclic) bond motifs is 1. The van der Waals surface area contributed by atoms with Crippen LogP contribution in [0.15, 0.2) is 58.4 Å². The van der Waals surface area contributed by atoms with Crippen molar-refractivity contribution in [1.82, 2.24) is 15.4 Å². The van der Waals surface area contributed by atoms with E-state index >= 15 is 0 Å². The Labute approximate surface area is 136 Å². The summed E-state index contributed by atoms with van der Waals surface area (Å²) in [6.45, 7) is 1.71. The molecule has 0 bridgehead atoms. The Hall–Kier alpha value is -3.48. The van der Waals surface area contributed by atoms with Gasteiger partial charge in [0.2, 0.25) is 5.82 Å². The molecule has 0 aliphatic rings. The highest BCUT2D eigenvalue weighted by atomic mass is 16.3. The number of aromatic hydroxyl groups is 1. The molecule has 0 spiro atoms. The number of nitrogens with zero attached hydrogens (tertiary/aromatic N) is 2. The molecule has 24 heavy (non-hydrogen) atoms. The molecule has 0 unspecified atom stereocenters. The number of carbonyl (C=O) groups excluding carboxylic acids is 1. The normalized spacial score (nSPS) is 11.5. The highest BCUT2D eigenvalue weighted by Crippen LogP contribution is 2.10. The maximum absolute atomic E-state index is 12.1.